The fraction of sp³-hybridized carbons (Fsp3) is 0.500. The molecule has 1 heterocycles. The molecule has 0 fully saturated rings. The molecule has 0 aliphatic carbocycles. The largest absolute Gasteiger partial charge is 0.327 e. The zero-order chi connectivity index (χ0) is 6.69. The second-order valence-corrected chi connectivity index (χ2v) is 2.03. The van der Waals surface area contributed by atoms with E-state index in [2.05, 4.69) is 9.55 Å². The number of hydrogen-bond acceptors (Lipinski definition) is 1. The fourth-order valence-corrected chi connectivity index (χ4v) is 0.824. The van der Waals surface area contributed by atoms with Crippen molar-refractivity contribution >= 4 is 0 Å². The van der Waals surface area contributed by atoms with Crippen molar-refractivity contribution in [3.63, 3.8) is 0 Å². The number of nitrogens with zero attached hydrogens (tertiary/aromatic N) is 1. The molecule has 1 rings (SSSR count). The molecule has 0 atom stereocenters. The van der Waals surface area contributed by atoms with Gasteiger partial charge in [0.2, 0.25) is 0 Å². The lowest BCUT2D eigenvalue weighted by Crippen LogP contribution is -2.38. The Balaban J connectivity index is 2.69. The van der Waals surface area contributed by atoms with Gasteiger partial charge in [0.25, 0.3) is 5.82 Å². The number of rotatable bonds is 2. The molecule has 3 heteroatoms. The van der Waals surface area contributed by atoms with E-state index in [-0.39, 0.29) is 0 Å². The Morgan fingerprint density at radius 3 is 3.00 bits per heavy atom. The van der Waals surface area contributed by atoms with E-state index < -0.39 is 0 Å². The van der Waals surface area contributed by atoms with Crippen LogP contribution in [0.25, 0.3) is 0 Å². The van der Waals surface area contributed by atoms with E-state index in [0.29, 0.717) is 6.54 Å². The van der Waals surface area contributed by atoms with Crippen molar-refractivity contribution in [2.24, 2.45) is 5.73 Å². The minimum Gasteiger partial charge on any atom is -0.327 e. The third kappa shape index (κ3) is 1.29. The van der Waals surface area contributed by atoms with Crippen molar-refractivity contribution in [2.75, 3.05) is 6.54 Å². The number of aryl methyl sites for hydroxylation is 1. The molecule has 0 aromatic carbocycles. The van der Waals surface area contributed by atoms with Crippen molar-refractivity contribution in [3.05, 3.63) is 18.2 Å². The van der Waals surface area contributed by atoms with E-state index in [1.54, 1.807) is 0 Å². The summed E-state index contributed by atoms with van der Waals surface area (Å²) in [7, 11) is 0. The Labute approximate surface area is 54.5 Å². The van der Waals surface area contributed by atoms with E-state index in [1.807, 2.05) is 19.3 Å². The van der Waals surface area contributed by atoms with Crippen LogP contribution in [0.4, 0.5) is 0 Å². The minimum atomic E-state index is 0.698. The quantitative estimate of drug-likeness (QED) is 0.519. The van der Waals surface area contributed by atoms with Gasteiger partial charge in [-0.1, -0.05) is 0 Å². The van der Waals surface area contributed by atoms with Crippen LogP contribution in [0.1, 0.15) is 5.82 Å². The maximum atomic E-state index is 5.35. The first kappa shape index (κ1) is 6.29. The highest BCUT2D eigenvalue weighted by Crippen LogP contribution is 1.79. The summed E-state index contributed by atoms with van der Waals surface area (Å²) in [6.45, 7) is 3.62. The number of hydrogen-bond donors (Lipinski definition) is 2. The van der Waals surface area contributed by atoms with Crippen molar-refractivity contribution in [1.82, 2.24) is 4.98 Å². The fourth-order valence-electron chi connectivity index (χ4n) is 0.824. The molecule has 3 N–H and O–H groups in total. The molecule has 50 valence electrons. The van der Waals surface area contributed by atoms with E-state index in [0.717, 1.165) is 12.4 Å². The SMILES string of the molecule is Cc1[nH]cc[n+]1CCN. The van der Waals surface area contributed by atoms with Crippen LogP contribution in [0.2, 0.25) is 0 Å². The lowest BCUT2D eigenvalue weighted by Gasteiger charge is -1.91. The van der Waals surface area contributed by atoms with E-state index in [4.69, 9.17) is 5.73 Å². The number of aromatic nitrogens is 2. The van der Waals surface area contributed by atoms with Crippen molar-refractivity contribution in [1.29, 1.82) is 0 Å². The molecule has 0 aliphatic rings. The van der Waals surface area contributed by atoms with Gasteiger partial charge in [-0.15, -0.1) is 0 Å². The lowest BCUT2D eigenvalue weighted by molar-refractivity contribution is -0.699. The maximum absolute atomic E-state index is 5.35. The second-order valence-electron chi connectivity index (χ2n) is 2.03. The average molecular weight is 126 g/mol. The predicted octanol–water partition coefficient (Wildman–Crippen LogP) is -0.431. The van der Waals surface area contributed by atoms with Gasteiger partial charge < -0.3 is 5.73 Å². The molecule has 0 saturated heterocycles. The molecular formula is C6H12N3+. The number of H-pyrrole nitrogens is 1. The first-order valence-electron chi connectivity index (χ1n) is 3.08. The molecule has 1 aromatic heterocycles. The summed E-state index contributed by atoms with van der Waals surface area (Å²) < 4.78 is 2.08. The summed E-state index contributed by atoms with van der Waals surface area (Å²) in [5.74, 6) is 1.15. The monoisotopic (exact) mass is 126 g/mol. The maximum Gasteiger partial charge on any atom is 0.251 e. The molecular weight excluding hydrogens is 114 g/mol. The van der Waals surface area contributed by atoms with Gasteiger partial charge in [-0.05, 0) is 0 Å². The Kier molecular flexibility index (Phi) is 1.85. The molecule has 0 radical (unpaired) electrons. The predicted molar refractivity (Wildman–Crippen MR) is 34.8 cm³/mol. The second kappa shape index (κ2) is 2.64. The molecule has 3 nitrogen and oxygen atoms in total. The van der Waals surface area contributed by atoms with Crippen LogP contribution < -0.4 is 10.3 Å². The molecule has 0 spiro atoms. The number of nitrogens with two attached hydrogens (primary N) is 1. The number of imidazole rings is 1. The molecule has 0 unspecified atom stereocenters. The van der Waals surface area contributed by atoms with Gasteiger partial charge >= 0.3 is 0 Å². The van der Waals surface area contributed by atoms with Gasteiger partial charge in [0.05, 0.1) is 0 Å². The zero-order valence-electron chi connectivity index (χ0n) is 5.59. The summed E-state index contributed by atoms with van der Waals surface area (Å²) in [4.78, 5) is 3.06. The molecule has 9 heavy (non-hydrogen) atoms. The highest BCUT2D eigenvalue weighted by molar-refractivity contribution is 4.70. The highest BCUT2D eigenvalue weighted by Gasteiger charge is 2.00. The lowest BCUT2D eigenvalue weighted by atomic mass is 10.6. The van der Waals surface area contributed by atoms with Crippen LogP contribution in [0.3, 0.4) is 0 Å². The van der Waals surface area contributed by atoms with Gasteiger partial charge in [-0.3, -0.25) is 0 Å². The molecule has 0 saturated carbocycles. The number of nitrogens with one attached hydrogen (secondary N) is 1. The average Bonchev–Trinajstić information content (AvgIpc) is 2.18. The molecule has 0 amide bonds. The van der Waals surface area contributed by atoms with Crippen LogP contribution >= 0.6 is 0 Å². The summed E-state index contributed by atoms with van der Waals surface area (Å²) in [6, 6.07) is 0. The van der Waals surface area contributed by atoms with Crippen LogP contribution in [0.5, 0.6) is 0 Å². The van der Waals surface area contributed by atoms with Gasteiger partial charge in [0, 0.05) is 13.5 Å². The Bertz CT molecular complexity index is 180. The number of aromatic amines is 1. The molecule has 0 aliphatic heterocycles. The first-order chi connectivity index (χ1) is 4.34. The Hall–Kier alpha value is -0.830. The van der Waals surface area contributed by atoms with E-state index in [9.17, 15) is 0 Å². The summed E-state index contributed by atoms with van der Waals surface area (Å²) >= 11 is 0. The molecule has 1 aromatic rings. The zero-order valence-corrected chi connectivity index (χ0v) is 5.59. The van der Waals surface area contributed by atoms with Gasteiger partial charge in [0.15, 0.2) is 0 Å². The van der Waals surface area contributed by atoms with Crippen LogP contribution in [-0.4, -0.2) is 11.5 Å². The highest BCUT2D eigenvalue weighted by atomic mass is 15.1. The van der Waals surface area contributed by atoms with Gasteiger partial charge in [-0.2, -0.15) is 0 Å². The summed E-state index contributed by atoms with van der Waals surface area (Å²) in [5, 5.41) is 0. The molecule has 0 bridgehead atoms. The van der Waals surface area contributed by atoms with Crippen LogP contribution in [0, 0.1) is 6.92 Å². The third-order valence-electron chi connectivity index (χ3n) is 1.35. The van der Waals surface area contributed by atoms with Crippen molar-refractivity contribution in [2.45, 2.75) is 13.5 Å². The van der Waals surface area contributed by atoms with Crippen molar-refractivity contribution < 1.29 is 4.57 Å². The third-order valence-corrected chi connectivity index (χ3v) is 1.35. The normalized spacial score (nSPS) is 10.0. The van der Waals surface area contributed by atoms with Gasteiger partial charge in [-0.25, -0.2) is 9.55 Å². The first-order valence-corrected chi connectivity index (χ1v) is 3.08. The minimum absolute atomic E-state index is 0.698. The smallest absolute Gasteiger partial charge is 0.251 e. The van der Waals surface area contributed by atoms with Crippen molar-refractivity contribution in [3.8, 4) is 0 Å². The standard InChI is InChI=1S/C6H11N3/c1-6-8-3-5-9(6)4-2-7/h3,5H,2,4,7H2,1H3/p+1. The summed E-state index contributed by atoms with van der Waals surface area (Å²) in [6.07, 6.45) is 3.90. The Morgan fingerprint density at radius 1 is 1.78 bits per heavy atom. The van der Waals surface area contributed by atoms with Crippen LogP contribution in [-0.2, 0) is 6.54 Å². The summed E-state index contributed by atoms with van der Waals surface area (Å²) in [5.41, 5.74) is 5.35. The topological polar surface area (TPSA) is 45.7 Å². The van der Waals surface area contributed by atoms with E-state index >= 15 is 0 Å². The van der Waals surface area contributed by atoms with Gasteiger partial charge in [0.1, 0.15) is 18.9 Å². The van der Waals surface area contributed by atoms with E-state index in [1.165, 1.54) is 0 Å². The van der Waals surface area contributed by atoms with Crippen LogP contribution in [0.15, 0.2) is 12.4 Å². The Morgan fingerprint density at radius 2 is 2.56 bits per heavy atom.